The highest BCUT2D eigenvalue weighted by Crippen LogP contribution is 2.25. The quantitative estimate of drug-likeness (QED) is 0.760. The molecular formula is C19H25NO. The van der Waals surface area contributed by atoms with Crippen molar-refractivity contribution in [3.8, 4) is 5.75 Å². The SMILES string of the molecule is Cc1cccc(C)c1NCCOc1ccccc1C(C)C. The molecule has 0 unspecified atom stereocenters. The maximum Gasteiger partial charge on any atom is 0.122 e. The number of anilines is 1. The second-order valence-electron chi connectivity index (χ2n) is 5.73. The van der Waals surface area contributed by atoms with Crippen molar-refractivity contribution in [1.82, 2.24) is 0 Å². The fourth-order valence-corrected chi connectivity index (χ4v) is 2.52. The normalized spacial score (nSPS) is 10.7. The van der Waals surface area contributed by atoms with Crippen molar-refractivity contribution in [3.05, 3.63) is 59.2 Å². The molecule has 0 aliphatic heterocycles. The van der Waals surface area contributed by atoms with Crippen LogP contribution in [0.15, 0.2) is 42.5 Å². The Balaban J connectivity index is 1.91. The van der Waals surface area contributed by atoms with Gasteiger partial charge in [0.25, 0.3) is 0 Å². The Hall–Kier alpha value is -1.96. The molecule has 0 amide bonds. The Kier molecular flexibility index (Phi) is 5.26. The molecule has 0 atom stereocenters. The first-order valence-electron chi connectivity index (χ1n) is 7.61. The zero-order valence-electron chi connectivity index (χ0n) is 13.4. The van der Waals surface area contributed by atoms with Crippen molar-refractivity contribution in [2.75, 3.05) is 18.5 Å². The first kappa shape index (κ1) is 15.4. The van der Waals surface area contributed by atoms with E-state index in [4.69, 9.17) is 4.74 Å². The Morgan fingerprint density at radius 2 is 1.62 bits per heavy atom. The molecular weight excluding hydrogens is 258 g/mol. The number of aryl methyl sites for hydroxylation is 2. The minimum absolute atomic E-state index is 0.479. The molecule has 0 spiro atoms. The summed E-state index contributed by atoms with van der Waals surface area (Å²) in [6.45, 7) is 10.1. The summed E-state index contributed by atoms with van der Waals surface area (Å²) >= 11 is 0. The zero-order chi connectivity index (χ0) is 15.2. The minimum Gasteiger partial charge on any atom is -0.491 e. The first-order chi connectivity index (χ1) is 10.1. The number of ether oxygens (including phenoxy) is 1. The lowest BCUT2D eigenvalue weighted by molar-refractivity contribution is 0.328. The third-order valence-corrected chi connectivity index (χ3v) is 3.68. The minimum atomic E-state index is 0.479. The number of rotatable bonds is 6. The molecule has 2 nitrogen and oxygen atoms in total. The van der Waals surface area contributed by atoms with Crippen LogP contribution in [0.1, 0.15) is 36.5 Å². The van der Waals surface area contributed by atoms with Gasteiger partial charge in [0.15, 0.2) is 0 Å². The number of hydrogen-bond donors (Lipinski definition) is 1. The summed E-state index contributed by atoms with van der Waals surface area (Å²) in [5, 5.41) is 3.48. The molecule has 112 valence electrons. The van der Waals surface area contributed by atoms with Crippen LogP contribution >= 0.6 is 0 Å². The van der Waals surface area contributed by atoms with Crippen LogP contribution in [0.3, 0.4) is 0 Å². The Bertz CT molecular complexity index is 570. The molecule has 0 aliphatic rings. The van der Waals surface area contributed by atoms with Crippen molar-refractivity contribution in [2.45, 2.75) is 33.6 Å². The van der Waals surface area contributed by atoms with E-state index in [2.05, 4.69) is 63.3 Å². The second kappa shape index (κ2) is 7.16. The number of hydrogen-bond acceptors (Lipinski definition) is 2. The van der Waals surface area contributed by atoms with Gasteiger partial charge in [-0.25, -0.2) is 0 Å². The molecule has 0 heterocycles. The van der Waals surface area contributed by atoms with Crippen LogP contribution in [-0.2, 0) is 0 Å². The molecule has 0 aromatic heterocycles. The summed E-state index contributed by atoms with van der Waals surface area (Å²) in [6, 6.07) is 14.6. The summed E-state index contributed by atoms with van der Waals surface area (Å²) < 4.78 is 5.94. The van der Waals surface area contributed by atoms with E-state index in [0.717, 1.165) is 12.3 Å². The van der Waals surface area contributed by atoms with Crippen LogP contribution < -0.4 is 10.1 Å². The van der Waals surface area contributed by atoms with Crippen LogP contribution in [0.4, 0.5) is 5.69 Å². The Morgan fingerprint density at radius 1 is 0.952 bits per heavy atom. The second-order valence-corrected chi connectivity index (χ2v) is 5.73. The molecule has 0 saturated heterocycles. The summed E-state index contributed by atoms with van der Waals surface area (Å²) in [5.41, 5.74) is 5.04. The largest absolute Gasteiger partial charge is 0.491 e. The average Bonchev–Trinajstić information content (AvgIpc) is 2.46. The van der Waals surface area contributed by atoms with Crippen LogP contribution in [0.2, 0.25) is 0 Å². The monoisotopic (exact) mass is 283 g/mol. The average molecular weight is 283 g/mol. The lowest BCUT2D eigenvalue weighted by Crippen LogP contribution is -2.13. The topological polar surface area (TPSA) is 21.3 Å². The fraction of sp³-hybridized carbons (Fsp3) is 0.368. The van der Waals surface area contributed by atoms with E-state index in [9.17, 15) is 0 Å². The van der Waals surface area contributed by atoms with E-state index in [1.165, 1.54) is 22.4 Å². The molecule has 2 rings (SSSR count). The lowest BCUT2D eigenvalue weighted by atomic mass is 10.0. The highest BCUT2D eigenvalue weighted by molar-refractivity contribution is 5.56. The predicted molar refractivity (Wildman–Crippen MR) is 90.4 cm³/mol. The van der Waals surface area contributed by atoms with Gasteiger partial charge in [-0.3, -0.25) is 0 Å². The van der Waals surface area contributed by atoms with Crippen molar-refractivity contribution in [3.63, 3.8) is 0 Å². The fourth-order valence-electron chi connectivity index (χ4n) is 2.52. The van der Waals surface area contributed by atoms with Gasteiger partial charge in [-0.15, -0.1) is 0 Å². The maximum atomic E-state index is 5.94. The van der Waals surface area contributed by atoms with E-state index in [1.54, 1.807) is 0 Å². The van der Waals surface area contributed by atoms with Crippen LogP contribution in [0.25, 0.3) is 0 Å². The standard InChI is InChI=1S/C19H25NO/c1-14(2)17-10-5-6-11-18(17)21-13-12-20-19-15(3)8-7-9-16(19)4/h5-11,14,20H,12-13H2,1-4H3. The third-order valence-electron chi connectivity index (χ3n) is 3.68. The highest BCUT2D eigenvalue weighted by atomic mass is 16.5. The molecule has 0 aliphatic carbocycles. The van der Waals surface area contributed by atoms with E-state index in [-0.39, 0.29) is 0 Å². The Labute approximate surface area is 128 Å². The van der Waals surface area contributed by atoms with Gasteiger partial charge in [0.2, 0.25) is 0 Å². The molecule has 1 N–H and O–H groups in total. The van der Waals surface area contributed by atoms with Crippen LogP contribution in [0.5, 0.6) is 5.75 Å². The number of para-hydroxylation sites is 2. The first-order valence-corrected chi connectivity index (χ1v) is 7.61. The van der Waals surface area contributed by atoms with Crippen LogP contribution in [-0.4, -0.2) is 13.2 Å². The van der Waals surface area contributed by atoms with Gasteiger partial charge in [0.1, 0.15) is 12.4 Å². The van der Waals surface area contributed by atoms with Crippen LogP contribution in [0, 0.1) is 13.8 Å². The van der Waals surface area contributed by atoms with E-state index >= 15 is 0 Å². The smallest absolute Gasteiger partial charge is 0.122 e. The van der Waals surface area contributed by atoms with Gasteiger partial charge in [0, 0.05) is 12.2 Å². The van der Waals surface area contributed by atoms with Crippen molar-refractivity contribution < 1.29 is 4.74 Å². The molecule has 21 heavy (non-hydrogen) atoms. The van der Waals surface area contributed by atoms with Crippen molar-refractivity contribution >= 4 is 5.69 Å². The van der Waals surface area contributed by atoms with Gasteiger partial charge < -0.3 is 10.1 Å². The maximum absolute atomic E-state index is 5.94. The van der Waals surface area contributed by atoms with E-state index in [1.807, 2.05) is 12.1 Å². The van der Waals surface area contributed by atoms with E-state index in [0.29, 0.717) is 12.5 Å². The van der Waals surface area contributed by atoms with Crippen molar-refractivity contribution in [2.24, 2.45) is 0 Å². The molecule has 2 aromatic rings. The van der Waals surface area contributed by atoms with Gasteiger partial charge in [-0.05, 0) is 42.5 Å². The molecule has 0 radical (unpaired) electrons. The van der Waals surface area contributed by atoms with Gasteiger partial charge >= 0.3 is 0 Å². The summed E-state index contributed by atoms with van der Waals surface area (Å²) in [7, 11) is 0. The molecule has 2 aromatic carbocycles. The lowest BCUT2D eigenvalue weighted by Gasteiger charge is -2.16. The van der Waals surface area contributed by atoms with Gasteiger partial charge in [0.05, 0.1) is 0 Å². The number of benzene rings is 2. The van der Waals surface area contributed by atoms with Gasteiger partial charge in [-0.2, -0.15) is 0 Å². The molecule has 2 heteroatoms. The molecule has 0 bridgehead atoms. The Morgan fingerprint density at radius 3 is 2.29 bits per heavy atom. The summed E-state index contributed by atoms with van der Waals surface area (Å²) in [5.74, 6) is 1.48. The van der Waals surface area contributed by atoms with E-state index < -0.39 is 0 Å². The summed E-state index contributed by atoms with van der Waals surface area (Å²) in [6.07, 6.45) is 0. The van der Waals surface area contributed by atoms with Gasteiger partial charge in [-0.1, -0.05) is 50.2 Å². The molecule has 0 saturated carbocycles. The van der Waals surface area contributed by atoms with Crippen molar-refractivity contribution in [1.29, 1.82) is 0 Å². The zero-order valence-corrected chi connectivity index (χ0v) is 13.4. The summed E-state index contributed by atoms with van der Waals surface area (Å²) in [4.78, 5) is 0. The highest BCUT2D eigenvalue weighted by Gasteiger charge is 2.06. The predicted octanol–water partition coefficient (Wildman–Crippen LogP) is 4.92. The molecule has 0 fully saturated rings. The number of nitrogens with one attached hydrogen (secondary N) is 1. The third kappa shape index (κ3) is 4.01.